The topological polar surface area (TPSA) is 53.4 Å². The van der Waals surface area contributed by atoms with Crippen molar-refractivity contribution in [1.29, 1.82) is 0 Å². The number of hydrogen-bond acceptors (Lipinski definition) is 4. The molecule has 1 fully saturated rings. The molecule has 2 aromatic rings. The first-order valence-electron chi connectivity index (χ1n) is 7.83. The minimum absolute atomic E-state index is 0.0693. The number of hydrogen-bond donors (Lipinski definition) is 1. The van der Waals surface area contributed by atoms with Gasteiger partial charge in [-0.25, -0.2) is 9.37 Å². The van der Waals surface area contributed by atoms with E-state index in [9.17, 15) is 14.3 Å². The van der Waals surface area contributed by atoms with Crippen LogP contribution in [0.25, 0.3) is 10.6 Å². The Morgan fingerprint density at radius 2 is 2.22 bits per heavy atom. The number of aromatic nitrogens is 1. The minimum Gasteiger partial charge on any atom is -0.396 e. The van der Waals surface area contributed by atoms with E-state index in [1.54, 1.807) is 28.5 Å². The van der Waals surface area contributed by atoms with Gasteiger partial charge >= 0.3 is 0 Å². The predicted octanol–water partition coefficient (Wildman–Crippen LogP) is 3.33. The molecule has 0 saturated carbocycles. The molecule has 1 N–H and O–H groups in total. The molecule has 1 aliphatic heterocycles. The van der Waals surface area contributed by atoms with Gasteiger partial charge in [-0.1, -0.05) is 12.1 Å². The van der Waals surface area contributed by atoms with Gasteiger partial charge in [0.2, 0.25) is 0 Å². The summed E-state index contributed by atoms with van der Waals surface area (Å²) in [5.41, 5.74) is 0.778. The van der Waals surface area contributed by atoms with Crippen molar-refractivity contribution < 1.29 is 14.3 Å². The third-order valence-electron chi connectivity index (χ3n) is 4.18. The maximum absolute atomic E-state index is 13.8. The second-order valence-corrected chi connectivity index (χ2v) is 6.54. The average molecular weight is 334 g/mol. The number of rotatable bonds is 4. The fourth-order valence-electron chi connectivity index (χ4n) is 2.99. The fourth-order valence-corrected chi connectivity index (χ4v) is 3.81. The summed E-state index contributed by atoms with van der Waals surface area (Å²) in [5.74, 6) is -0.459. The number of carbonyl (C=O) groups is 1. The fraction of sp³-hybridized carbons (Fsp3) is 0.412. The summed E-state index contributed by atoms with van der Waals surface area (Å²) >= 11 is 1.28. The van der Waals surface area contributed by atoms with Gasteiger partial charge in [0.15, 0.2) is 0 Å². The Bertz CT molecular complexity index is 687. The van der Waals surface area contributed by atoms with E-state index in [2.05, 4.69) is 4.98 Å². The normalized spacial score (nSPS) is 18.2. The van der Waals surface area contributed by atoms with Crippen molar-refractivity contribution in [1.82, 2.24) is 9.88 Å². The molecule has 1 atom stereocenters. The van der Waals surface area contributed by atoms with Crippen molar-refractivity contribution >= 4 is 17.2 Å². The zero-order valence-electron chi connectivity index (χ0n) is 12.7. The molecule has 1 saturated heterocycles. The smallest absolute Gasteiger partial charge is 0.273 e. The number of halogens is 1. The van der Waals surface area contributed by atoms with E-state index < -0.39 is 0 Å². The number of piperidine rings is 1. The van der Waals surface area contributed by atoms with E-state index in [0.29, 0.717) is 29.2 Å². The van der Waals surface area contributed by atoms with E-state index >= 15 is 0 Å². The van der Waals surface area contributed by atoms with Crippen molar-refractivity contribution in [3.63, 3.8) is 0 Å². The van der Waals surface area contributed by atoms with Crippen LogP contribution in [0, 0.1) is 5.82 Å². The maximum Gasteiger partial charge on any atom is 0.273 e. The van der Waals surface area contributed by atoms with Gasteiger partial charge in [-0.05, 0) is 37.8 Å². The highest BCUT2D eigenvalue weighted by molar-refractivity contribution is 7.13. The van der Waals surface area contributed by atoms with Crippen LogP contribution in [0.4, 0.5) is 4.39 Å². The molecule has 1 unspecified atom stereocenters. The van der Waals surface area contributed by atoms with Crippen LogP contribution in [-0.2, 0) is 0 Å². The quantitative estimate of drug-likeness (QED) is 0.933. The Kier molecular flexibility index (Phi) is 5.03. The largest absolute Gasteiger partial charge is 0.396 e. The van der Waals surface area contributed by atoms with Gasteiger partial charge in [-0.3, -0.25) is 4.79 Å². The highest BCUT2D eigenvalue weighted by Crippen LogP contribution is 2.28. The lowest BCUT2D eigenvalue weighted by molar-refractivity contribution is 0.0569. The van der Waals surface area contributed by atoms with E-state index in [1.165, 1.54) is 17.4 Å². The zero-order valence-corrected chi connectivity index (χ0v) is 13.6. The zero-order chi connectivity index (χ0) is 16.2. The molecule has 23 heavy (non-hydrogen) atoms. The van der Waals surface area contributed by atoms with Gasteiger partial charge < -0.3 is 10.0 Å². The standard InChI is InChI=1S/C17H19FN2O2S/c18-14-7-2-1-6-13(14)16-19-15(11-23-16)17(22)20-9-4-3-5-12(20)8-10-21/h1-2,6-7,11-12,21H,3-5,8-10H2. The number of nitrogens with zero attached hydrogens (tertiary/aromatic N) is 2. The first-order chi connectivity index (χ1) is 11.2. The number of carbonyl (C=O) groups excluding carboxylic acids is 1. The second-order valence-electron chi connectivity index (χ2n) is 5.68. The summed E-state index contributed by atoms with van der Waals surface area (Å²) in [5, 5.41) is 11.4. The van der Waals surface area contributed by atoms with Gasteiger partial charge in [0.05, 0.1) is 0 Å². The number of thiazole rings is 1. The third-order valence-corrected chi connectivity index (χ3v) is 5.05. The summed E-state index contributed by atoms with van der Waals surface area (Å²) < 4.78 is 13.8. The summed E-state index contributed by atoms with van der Waals surface area (Å²) in [4.78, 5) is 18.9. The molecule has 6 heteroatoms. The molecule has 122 valence electrons. The SMILES string of the molecule is O=C(c1csc(-c2ccccc2F)n1)N1CCCCC1CCO. The third kappa shape index (κ3) is 3.43. The van der Waals surface area contributed by atoms with Gasteiger partial charge in [-0.15, -0.1) is 11.3 Å². The molecular formula is C17H19FN2O2S. The summed E-state index contributed by atoms with van der Waals surface area (Å²) in [7, 11) is 0. The maximum atomic E-state index is 13.8. The average Bonchev–Trinajstić information content (AvgIpc) is 3.05. The van der Waals surface area contributed by atoms with Gasteiger partial charge in [0.1, 0.15) is 16.5 Å². The number of aliphatic hydroxyl groups is 1. The van der Waals surface area contributed by atoms with Crippen LogP contribution >= 0.6 is 11.3 Å². The summed E-state index contributed by atoms with van der Waals surface area (Å²) in [6.07, 6.45) is 3.55. The van der Waals surface area contributed by atoms with Crippen LogP contribution in [0.1, 0.15) is 36.2 Å². The van der Waals surface area contributed by atoms with Gasteiger partial charge in [0, 0.05) is 30.1 Å². The molecule has 1 aromatic heterocycles. The summed E-state index contributed by atoms with van der Waals surface area (Å²) in [6, 6.07) is 6.51. The van der Waals surface area contributed by atoms with E-state index in [1.807, 2.05) is 0 Å². The Balaban J connectivity index is 1.82. The Morgan fingerprint density at radius 1 is 1.39 bits per heavy atom. The number of benzene rings is 1. The highest BCUT2D eigenvalue weighted by atomic mass is 32.1. The molecule has 1 amide bonds. The van der Waals surface area contributed by atoms with Crippen molar-refractivity contribution in [2.24, 2.45) is 0 Å². The molecule has 0 radical (unpaired) electrons. The van der Waals surface area contributed by atoms with Crippen LogP contribution in [0.2, 0.25) is 0 Å². The van der Waals surface area contributed by atoms with Crippen LogP contribution in [0.5, 0.6) is 0 Å². The first kappa shape index (κ1) is 16.1. The van der Waals surface area contributed by atoms with Crippen molar-refractivity contribution in [2.45, 2.75) is 31.7 Å². The highest BCUT2D eigenvalue weighted by Gasteiger charge is 2.28. The molecular weight excluding hydrogens is 315 g/mol. The Hall–Kier alpha value is -1.79. The van der Waals surface area contributed by atoms with E-state index in [-0.39, 0.29) is 24.4 Å². The molecule has 0 aliphatic carbocycles. The minimum atomic E-state index is -0.336. The van der Waals surface area contributed by atoms with Crippen molar-refractivity contribution in [3.8, 4) is 10.6 Å². The molecule has 0 bridgehead atoms. The Morgan fingerprint density at radius 3 is 3.00 bits per heavy atom. The number of aliphatic hydroxyl groups excluding tert-OH is 1. The van der Waals surface area contributed by atoms with E-state index in [4.69, 9.17) is 0 Å². The van der Waals surface area contributed by atoms with E-state index in [0.717, 1.165) is 19.3 Å². The van der Waals surface area contributed by atoms with Gasteiger partial charge in [-0.2, -0.15) is 0 Å². The van der Waals surface area contributed by atoms with Gasteiger partial charge in [0.25, 0.3) is 5.91 Å². The lowest BCUT2D eigenvalue weighted by Gasteiger charge is -2.35. The lowest BCUT2D eigenvalue weighted by atomic mass is 9.99. The number of amides is 1. The van der Waals surface area contributed by atoms with Crippen LogP contribution in [0.15, 0.2) is 29.6 Å². The van der Waals surface area contributed by atoms with Crippen molar-refractivity contribution in [2.75, 3.05) is 13.2 Å². The second kappa shape index (κ2) is 7.19. The molecule has 4 nitrogen and oxygen atoms in total. The molecule has 3 rings (SSSR count). The first-order valence-corrected chi connectivity index (χ1v) is 8.71. The predicted molar refractivity (Wildman–Crippen MR) is 87.9 cm³/mol. The summed E-state index contributed by atoms with van der Waals surface area (Å²) in [6.45, 7) is 0.766. The lowest BCUT2D eigenvalue weighted by Crippen LogP contribution is -2.44. The molecule has 0 spiro atoms. The van der Waals surface area contributed by atoms with Crippen LogP contribution < -0.4 is 0 Å². The number of likely N-dealkylation sites (tertiary alicyclic amines) is 1. The Labute approximate surface area is 138 Å². The monoisotopic (exact) mass is 334 g/mol. The molecule has 1 aromatic carbocycles. The van der Waals surface area contributed by atoms with Crippen molar-refractivity contribution in [3.05, 3.63) is 41.2 Å². The van der Waals surface area contributed by atoms with Crippen LogP contribution in [0.3, 0.4) is 0 Å². The molecule has 1 aliphatic rings. The molecule has 2 heterocycles. The van der Waals surface area contributed by atoms with Crippen LogP contribution in [-0.4, -0.2) is 40.1 Å².